The third-order valence-corrected chi connectivity index (χ3v) is 5.66. The summed E-state index contributed by atoms with van der Waals surface area (Å²) in [4.78, 5) is 51.0. The summed E-state index contributed by atoms with van der Waals surface area (Å²) < 4.78 is 16.0. The van der Waals surface area contributed by atoms with Gasteiger partial charge in [-0.25, -0.2) is 14.6 Å². The zero-order valence-electron chi connectivity index (χ0n) is 25.6. The lowest BCUT2D eigenvalue weighted by atomic mass is 10.1. The topological polar surface area (TPSA) is 123 Å². The first-order chi connectivity index (χ1) is 20.1. The number of amides is 3. The zero-order chi connectivity index (χ0) is 31.8. The second kappa shape index (κ2) is 13.9. The van der Waals surface area contributed by atoms with Gasteiger partial charge in [-0.2, -0.15) is 0 Å². The van der Waals surface area contributed by atoms with E-state index in [2.05, 4.69) is 10.7 Å². The molecule has 10 heteroatoms. The van der Waals surface area contributed by atoms with Crippen molar-refractivity contribution in [3.8, 4) is 5.75 Å². The highest BCUT2D eigenvalue weighted by Crippen LogP contribution is 2.20. The SMILES string of the molecule is Cc1cc(NC(=O)OC(C)(C)C)ccc1C(=O)N(Cc1ccccc1)NC(=O)c1ccc(OCC(=O)OC(C)(C)C)cc1. The van der Waals surface area contributed by atoms with Crippen LogP contribution in [0.3, 0.4) is 0 Å². The molecule has 228 valence electrons. The Morgan fingerprint density at radius 2 is 1.42 bits per heavy atom. The van der Waals surface area contributed by atoms with E-state index in [1.165, 1.54) is 17.1 Å². The van der Waals surface area contributed by atoms with Crippen molar-refractivity contribution in [2.75, 3.05) is 11.9 Å². The Morgan fingerprint density at radius 3 is 2.00 bits per heavy atom. The fraction of sp³-hybridized carbons (Fsp3) is 0.333. The maximum atomic E-state index is 13.7. The molecule has 43 heavy (non-hydrogen) atoms. The van der Waals surface area contributed by atoms with Gasteiger partial charge in [0.2, 0.25) is 0 Å². The predicted molar refractivity (Wildman–Crippen MR) is 163 cm³/mol. The molecule has 0 heterocycles. The molecule has 0 bridgehead atoms. The summed E-state index contributed by atoms with van der Waals surface area (Å²) in [6.07, 6.45) is -0.606. The molecule has 10 nitrogen and oxygen atoms in total. The molecule has 0 saturated carbocycles. The summed E-state index contributed by atoms with van der Waals surface area (Å²) in [5.41, 5.74) is 3.94. The molecule has 0 atom stereocenters. The van der Waals surface area contributed by atoms with E-state index in [1.807, 2.05) is 30.3 Å². The van der Waals surface area contributed by atoms with Gasteiger partial charge in [0, 0.05) is 16.8 Å². The predicted octanol–water partition coefficient (Wildman–Crippen LogP) is 6.05. The Kier molecular flexibility index (Phi) is 10.5. The van der Waals surface area contributed by atoms with Crippen molar-refractivity contribution in [2.45, 2.75) is 66.2 Å². The largest absolute Gasteiger partial charge is 0.482 e. The number of rotatable bonds is 8. The van der Waals surface area contributed by atoms with E-state index in [9.17, 15) is 19.2 Å². The van der Waals surface area contributed by atoms with Crippen LogP contribution in [0.5, 0.6) is 5.75 Å². The van der Waals surface area contributed by atoms with Crippen molar-refractivity contribution in [3.05, 3.63) is 95.1 Å². The van der Waals surface area contributed by atoms with Crippen LogP contribution in [0.2, 0.25) is 0 Å². The van der Waals surface area contributed by atoms with Crippen molar-refractivity contribution < 1.29 is 33.4 Å². The van der Waals surface area contributed by atoms with E-state index >= 15 is 0 Å². The van der Waals surface area contributed by atoms with Crippen LogP contribution >= 0.6 is 0 Å². The van der Waals surface area contributed by atoms with E-state index in [4.69, 9.17) is 14.2 Å². The molecule has 0 spiro atoms. The number of hydrogen-bond acceptors (Lipinski definition) is 7. The Bertz CT molecular complexity index is 1440. The molecule has 3 rings (SSSR count). The van der Waals surface area contributed by atoms with E-state index in [1.54, 1.807) is 78.8 Å². The molecule has 0 radical (unpaired) electrons. The van der Waals surface area contributed by atoms with Gasteiger partial charge in [0.15, 0.2) is 6.61 Å². The normalized spacial score (nSPS) is 11.2. The highest BCUT2D eigenvalue weighted by molar-refractivity contribution is 6.00. The number of esters is 1. The highest BCUT2D eigenvalue weighted by Gasteiger charge is 2.23. The molecule has 0 aromatic heterocycles. The van der Waals surface area contributed by atoms with E-state index in [0.29, 0.717) is 22.6 Å². The average Bonchev–Trinajstić information content (AvgIpc) is 2.90. The van der Waals surface area contributed by atoms with Crippen molar-refractivity contribution in [1.29, 1.82) is 0 Å². The lowest BCUT2D eigenvalue weighted by molar-refractivity contribution is -0.157. The number of carbonyl (C=O) groups is 4. The van der Waals surface area contributed by atoms with E-state index in [-0.39, 0.29) is 18.7 Å². The molecule has 3 amide bonds. The van der Waals surface area contributed by atoms with Gasteiger partial charge in [0.25, 0.3) is 11.8 Å². The van der Waals surface area contributed by atoms with Gasteiger partial charge in [-0.15, -0.1) is 0 Å². The molecule has 0 fully saturated rings. The maximum absolute atomic E-state index is 13.7. The number of nitrogens with zero attached hydrogens (tertiary/aromatic N) is 1. The monoisotopic (exact) mass is 589 g/mol. The van der Waals surface area contributed by atoms with Crippen LogP contribution in [0.1, 0.15) is 73.4 Å². The number of hydrogen-bond donors (Lipinski definition) is 2. The van der Waals surface area contributed by atoms with Crippen LogP contribution in [0.25, 0.3) is 0 Å². The number of nitrogens with one attached hydrogen (secondary N) is 2. The van der Waals surface area contributed by atoms with Crippen LogP contribution < -0.4 is 15.5 Å². The summed E-state index contributed by atoms with van der Waals surface area (Å²) in [6.45, 7) is 12.2. The zero-order valence-corrected chi connectivity index (χ0v) is 25.6. The van der Waals surface area contributed by atoms with E-state index in [0.717, 1.165) is 5.56 Å². The van der Waals surface area contributed by atoms with Crippen LogP contribution in [0.4, 0.5) is 10.5 Å². The first-order valence-electron chi connectivity index (χ1n) is 13.8. The van der Waals surface area contributed by atoms with Gasteiger partial charge in [0.1, 0.15) is 17.0 Å². The third kappa shape index (κ3) is 10.8. The summed E-state index contributed by atoms with van der Waals surface area (Å²) in [5.74, 6) is -1.07. The molecule has 0 aliphatic rings. The van der Waals surface area contributed by atoms with Crippen molar-refractivity contribution >= 4 is 29.6 Å². The van der Waals surface area contributed by atoms with Crippen LogP contribution in [0.15, 0.2) is 72.8 Å². The van der Waals surface area contributed by atoms with Gasteiger partial charge in [-0.05, 0) is 102 Å². The first-order valence-corrected chi connectivity index (χ1v) is 13.8. The van der Waals surface area contributed by atoms with Crippen LogP contribution in [-0.2, 0) is 20.8 Å². The summed E-state index contributed by atoms with van der Waals surface area (Å²) in [7, 11) is 0. The Balaban J connectivity index is 1.74. The molecule has 2 N–H and O–H groups in total. The summed E-state index contributed by atoms with van der Waals surface area (Å²) >= 11 is 0. The standard InChI is InChI=1S/C33H39N3O7/c1-22-19-25(34-31(40)43-33(5,6)7)15-18-27(22)30(39)36(20-23-11-9-8-10-12-23)35-29(38)24-13-16-26(17-14-24)41-21-28(37)42-32(2,3)4/h8-19H,20-21H2,1-7H3,(H,34,40)(H,35,38). The third-order valence-electron chi connectivity index (χ3n) is 5.66. The molecule has 3 aromatic rings. The van der Waals surface area contributed by atoms with Crippen molar-refractivity contribution in [3.63, 3.8) is 0 Å². The smallest absolute Gasteiger partial charge is 0.412 e. The number of ether oxygens (including phenoxy) is 3. The number of aryl methyl sites for hydroxylation is 1. The Hall–Kier alpha value is -4.86. The first kappa shape index (κ1) is 32.7. The minimum atomic E-state index is -0.654. The van der Waals surface area contributed by atoms with Gasteiger partial charge in [-0.3, -0.25) is 20.3 Å². The number of carbonyl (C=O) groups excluding carboxylic acids is 4. The summed E-state index contributed by atoms with van der Waals surface area (Å²) in [6, 6.07) is 20.3. The van der Waals surface area contributed by atoms with E-state index < -0.39 is 35.1 Å². The fourth-order valence-electron chi connectivity index (χ4n) is 3.88. The highest BCUT2D eigenvalue weighted by atomic mass is 16.6. The number of benzene rings is 3. The van der Waals surface area contributed by atoms with Crippen molar-refractivity contribution in [1.82, 2.24) is 10.4 Å². The number of anilines is 1. The van der Waals surface area contributed by atoms with Gasteiger partial charge >= 0.3 is 12.1 Å². The van der Waals surface area contributed by atoms with Crippen molar-refractivity contribution in [2.24, 2.45) is 0 Å². The molecule has 0 aliphatic carbocycles. The van der Waals surface area contributed by atoms with Gasteiger partial charge in [0.05, 0.1) is 6.54 Å². The van der Waals surface area contributed by atoms with Crippen LogP contribution in [0, 0.1) is 6.92 Å². The molecule has 3 aromatic carbocycles. The maximum Gasteiger partial charge on any atom is 0.412 e. The molecule has 0 saturated heterocycles. The minimum Gasteiger partial charge on any atom is -0.482 e. The Labute approximate surface area is 252 Å². The molecular weight excluding hydrogens is 550 g/mol. The minimum absolute atomic E-state index is 0.111. The van der Waals surface area contributed by atoms with Gasteiger partial charge in [-0.1, -0.05) is 30.3 Å². The average molecular weight is 590 g/mol. The summed E-state index contributed by atoms with van der Waals surface area (Å²) in [5, 5.41) is 3.91. The molecule has 0 unspecified atom stereocenters. The lowest BCUT2D eigenvalue weighted by Crippen LogP contribution is -2.45. The quantitative estimate of drug-likeness (QED) is 0.242. The van der Waals surface area contributed by atoms with Crippen LogP contribution in [-0.4, -0.2) is 46.7 Å². The second-order valence-corrected chi connectivity index (χ2v) is 11.9. The number of hydrazine groups is 1. The molecular formula is C33H39N3O7. The fourth-order valence-corrected chi connectivity index (χ4v) is 3.88. The second-order valence-electron chi connectivity index (χ2n) is 11.9. The Morgan fingerprint density at radius 1 is 0.791 bits per heavy atom. The molecule has 0 aliphatic heterocycles. The van der Waals surface area contributed by atoms with Gasteiger partial charge < -0.3 is 14.2 Å². The lowest BCUT2D eigenvalue weighted by Gasteiger charge is -2.25.